The topological polar surface area (TPSA) is 120 Å². The molecule has 3 aliphatic heterocycles. The molecule has 34 heavy (non-hydrogen) atoms. The molecule has 4 amide bonds. The molecule has 3 fully saturated rings. The minimum atomic E-state index is -0.619. The fourth-order valence-corrected chi connectivity index (χ4v) is 4.75. The van der Waals surface area contributed by atoms with Crippen LogP contribution >= 0.6 is 0 Å². The average Bonchev–Trinajstić information content (AvgIpc) is 3.12. The number of likely N-dealkylation sites (tertiary alicyclic amines) is 1. The normalized spacial score (nSPS) is 24.4. The van der Waals surface area contributed by atoms with Gasteiger partial charge >= 0.3 is 5.97 Å². The number of carbonyl (C=O) groups is 5. The molecule has 11 heteroatoms. The predicted octanol–water partition coefficient (Wildman–Crippen LogP) is -0.103. The van der Waals surface area contributed by atoms with Gasteiger partial charge in [0.05, 0.1) is 13.0 Å². The summed E-state index contributed by atoms with van der Waals surface area (Å²) in [7, 11) is 0. The molecule has 2 unspecified atom stereocenters. The van der Waals surface area contributed by atoms with Crippen LogP contribution in [0.3, 0.4) is 0 Å². The van der Waals surface area contributed by atoms with Gasteiger partial charge in [0.1, 0.15) is 0 Å². The van der Waals surface area contributed by atoms with Gasteiger partial charge in [-0.05, 0) is 26.7 Å². The number of hydrogen-bond acceptors (Lipinski definition) is 8. The smallest absolute Gasteiger partial charge is 0.334 e. The van der Waals surface area contributed by atoms with E-state index in [0.717, 1.165) is 12.8 Å². The predicted molar refractivity (Wildman–Crippen MR) is 122 cm³/mol. The maximum atomic E-state index is 12.5. The van der Waals surface area contributed by atoms with E-state index in [4.69, 9.17) is 4.84 Å². The largest absolute Gasteiger partial charge is 0.354 e. The highest BCUT2D eigenvalue weighted by molar-refractivity contribution is 6.01. The number of carbonyl (C=O) groups excluding carboxylic acids is 5. The molecule has 0 aromatic rings. The minimum absolute atomic E-state index is 0.00475. The molecular weight excluding hydrogens is 442 g/mol. The zero-order valence-corrected chi connectivity index (χ0v) is 20.3. The van der Waals surface area contributed by atoms with Crippen molar-refractivity contribution in [3.63, 3.8) is 0 Å². The second kappa shape index (κ2) is 12.3. The summed E-state index contributed by atoms with van der Waals surface area (Å²) in [6.45, 7) is 7.79. The number of imide groups is 1. The second-order valence-electron chi connectivity index (χ2n) is 9.42. The molecule has 0 spiro atoms. The van der Waals surface area contributed by atoms with Crippen molar-refractivity contribution in [1.29, 1.82) is 0 Å². The highest BCUT2D eigenvalue weighted by Gasteiger charge is 2.33. The summed E-state index contributed by atoms with van der Waals surface area (Å²) in [5, 5.41) is 3.44. The van der Waals surface area contributed by atoms with E-state index in [2.05, 4.69) is 24.1 Å². The summed E-state index contributed by atoms with van der Waals surface area (Å²) in [6, 6.07) is 0.805. The van der Waals surface area contributed by atoms with E-state index in [1.54, 1.807) is 4.90 Å². The first-order valence-electron chi connectivity index (χ1n) is 12.3. The molecule has 3 saturated heterocycles. The van der Waals surface area contributed by atoms with Gasteiger partial charge < -0.3 is 15.1 Å². The zero-order valence-electron chi connectivity index (χ0n) is 20.3. The van der Waals surface area contributed by atoms with E-state index in [0.29, 0.717) is 63.0 Å². The standard InChI is InChI=1S/C23H37N5O6/c1-17-4-3-5-18(2)27(17)16-19(29)24-10-8-20(30)26-14-12-25(13-15-26)11-9-23(33)34-28-21(31)6-7-22(28)32/h17-18H,3-16H2,1-2H3,(H,24,29). The Kier molecular flexibility index (Phi) is 9.40. The Bertz CT molecular complexity index is 756. The first kappa shape index (κ1) is 26.1. The number of hydroxylamine groups is 2. The van der Waals surface area contributed by atoms with E-state index in [1.165, 1.54) is 6.42 Å². The molecule has 1 N–H and O–H groups in total. The van der Waals surface area contributed by atoms with Crippen molar-refractivity contribution >= 4 is 29.6 Å². The van der Waals surface area contributed by atoms with Crippen LogP contribution in [0.2, 0.25) is 0 Å². The Labute approximate surface area is 200 Å². The van der Waals surface area contributed by atoms with Crippen LogP contribution < -0.4 is 5.32 Å². The third kappa shape index (κ3) is 7.23. The van der Waals surface area contributed by atoms with Gasteiger partial charge in [-0.3, -0.25) is 29.0 Å². The van der Waals surface area contributed by atoms with E-state index in [1.807, 2.05) is 4.90 Å². The fourth-order valence-electron chi connectivity index (χ4n) is 4.75. The van der Waals surface area contributed by atoms with Crippen molar-refractivity contribution in [2.24, 2.45) is 0 Å². The lowest BCUT2D eigenvalue weighted by Gasteiger charge is -2.38. The summed E-state index contributed by atoms with van der Waals surface area (Å²) in [5.41, 5.74) is 0. The number of rotatable bonds is 9. The third-order valence-electron chi connectivity index (χ3n) is 6.92. The molecule has 0 radical (unpaired) electrons. The molecule has 0 bridgehead atoms. The second-order valence-corrected chi connectivity index (χ2v) is 9.42. The van der Waals surface area contributed by atoms with Crippen molar-refractivity contribution in [3.8, 4) is 0 Å². The highest BCUT2D eigenvalue weighted by Crippen LogP contribution is 2.21. The van der Waals surface area contributed by atoms with Crippen molar-refractivity contribution in [2.75, 3.05) is 45.8 Å². The molecule has 11 nitrogen and oxygen atoms in total. The molecule has 2 atom stereocenters. The van der Waals surface area contributed by atoms with E-state index in [-0.39, 0.29) is 37.5 Å². The Morgan fingerprint density at radius 2 is 1.56 bits per heavy atom. The van der Waals surface area contributed by atoms with Crippen LogP contribution in [0.15, 0.2) is 0 Å². The number of amides is 4. The number of nitrogens with zero attached hydrogens (tertiary/aromatic N) is 4. The minimum Gasteiger partial charge on any atom is -0.354 e. The molecule has 3 aliphatic rings. The highest BCUT2D eigenvalue weighted by atomic mass is 16.7. The van der Waals surface area contributed by atoms with E-state index >= 15 is 0 Å². The third-order valence-corrected chi connectivity index (χ3v) is 6.92. The van der Waals surface area contributed by atoms with Gasteiger partial charge in [0.15, 0.2) is 0 Å². The number of piperidine rings is 1. The Morgan fingerprint density at radius 1 is 0.941 bits per heavy atom. The zero-order chi connectivity index (χ0) is 24.7. The summed E-state index contributed by atoms with van der Waals surface area (Å²) in [4.78, 5) is 70.7. The summed E-state index contributed by atoms with van der Waals surface area (Å²) in [5.74, 6) is -1.63. The maximum absolute atomic E-state index is 12.5. The van der Waals surface area contributed by atoms with Crippen LogP contribution in [0, 0.1) is 0 Å². The molecule has 0 saturated carbocycles. The van der Waals surface area contributed by atoms with Crippen LogP contribution in [0.25, 0.3) is 0 Å². The SMILES string of the molecule is CC1CCCC(C)N1CC(=O)NCCC(=O)N1CCN(CCC(=O)ON2C(=O)CCC2=O)CC1. The number of piperazine rings is 1. The summed E-state index contributed by atoms with van der Waals surface area (Å²) in [6.07, 6.45) is 3.90. The molecular formula is C23H37N5O6. The van der Waals surface area contributed by atoms with Gasteiger partial charge in [0.2, 0.25) is 11.8 Å². The van der Waals surface area contributed by atoms with Crippen LogP contribution in [0.4, 0.5) is 0 Å². The lowest BCUT2D eigenvalue weighted by atomic mass is 9.97. The molecule has 190 valence electrons. The molecule has 0 aliphatic carbocycles. The molecule has 3 heterocycles. The first-order chi connectivity index (χ1) is 16.2. The first-order valence-corrected chi connectivity index (χ1v) is 12.3. The molecule has 3 rings (SSSR count). The van der Waals surface area contributed by atoms with E-state index in [9.17, 15) is 24.0 Å². The lowest BCUT2D eigenvalue weighted by Crippen LogP contribution is -2.50. The Balaban J connectivity index is 1.28. The van der Waals surface area contributed by atoms with Gasteiger partial charge in [-0.25, -0.2) is 4.79 Å². The number of hydrogen-bond donors (Lipinski definition) is 1. The van der Waals surface area contributed by atoms with Gasteiger partial charge in [0, 0.05) is 70.6 Å². The quantitative estimate of drug-likeness (QED) is 0.455. The van der Waals surface area contributed by atoms with Gasteiger partial charge in [-0.2, -0.15) is 0 Å². The maximum Gasteiger partial charge on any atom is 0.334 e. The average molecular weight is 480 g/mol. The van der Waals surface area contributed by atoms with Gasteiger partial charge in [-0.15, -0.1) is 5.06 Å². The van der Waals surface area contributed by atoms with Crippen LogP contribution in [0.5, 0.6) is 0 Å². The molecule has 0 aromatic heterocycles. The van der Waals surface area contributed by atoms with Crippen LogP contribution in [0.1, 0.15) is 58.8 Å². The number of nitrogens with one attached hydrogen (secondary N) is 1. The van der Waals surface area contributed by atoms with Crippen molar-refractivity contribution in [2.45, 2.75) is 70.9 Å². The van der Waals surface area contributed by atoms with Crippen molar-refractivity contribution in [3.05, 3.63) is 0 Å². The summed E-state index contributed by atoms with van der Waals surface area (Å²) >= 11 is 0. The fraction of sp³-hybridized carbons (Fsp3) is 0.783. The van der Waals surface area contributed by atoms with Crippen LogP contribution in [-0.4, -0.2) is 107 Å². The van der Waals surface area contributed by atoms with Crippen molar-refractivity contribution in [1.82, 2.24) is 25.1 Å². The van der Waals surface area contributed by atoms with Gasteiger partial charge in [-0.1, -0.05) is 6.42 Å². The molecule has 0 aromatic carbocycles. The van der Waals surface area contributed by atoms with E-state index < -0.39 is 17.8 Å². The Hall–Kier alpha value is -2.53. The summed E-state index contributed by atoms with van der Waals surface area (Å²) < 4.78 is 0. The van der Waals surface area contributed by atoms with Crippen LogP contribution in [-0.2, 0) is 28.8 Å². The van der Waals surface area contributed by atoms with Crippen molar-refractivity contribution < 1.29 is 28.8 Å². The lowest BCUT2D eigenvalue weighted by molar-refractivity contribution is -0.197. The Morgan fingerprint density at radius 3 is 2.18 bits per heavy atom. The monoisotopic (exact) mass is 479 g/mol. The van der Waals surface area contributed by atoms with Gasteiger partial charge in [0.25, 0.3) is 11.8 Å².